The fourth-order valence-corrected chi connectivity index (χ4v) is 3.13. The number of nitrogens with zero attached hydrogens (tertiary/aromatic N) is 1. The summed E-state index contributed by atoms with van der Waals surface area (Å²) < 4.78 is 10.5. The number of rotatable bonds is 11. The third kappa shape index (κ3) is 6.82. The van der Waals surface area contributed by atoms with Crippen LogP contribution >= 0.6 is 0 Å². The summed E-state index contributed by atoms with van der Waals surface area (Å²) in [5, 5.41) is 12.2. The number of methoxy groups -OCH3 is 2. The molecule has 2 aromatic carbocycles. The van der Waals surface area contributed by atoms with Gasteiger partial charge in [-0.3, -0.25) is 19.3 Å². The summed E-state index contributed by atoms with van der Waals surface area (Å²) in [6, 6.07) is 12.9. The van der Waals surface area contributed by atoms with Crippen molar-refractivity contribution in [3.8, 4) is 11.5 Å². The predicted octanol–water partition coefficient (Wildman–Crippen LogP) is 2.29. The molecule has 8 heteroatoms. The quantitative estimate of drug-likeness (QED) is 0.529. The van der Waals surface area contributed by atoms with Crippen molar-refractivity contribution in [3.63, 3.8) is 0 Å². The number of benzene rings is 2. The van der Waals surface area contributed by atoms with Crippen LogP contribution in [0.5, 0.6) is 11.5 Å². The molecule has 8 nitrogen and oxygen atoms in total. The Hall–Kier alpha value is -3.39. The highest BCUT2D eigenvalue weighted by Gasteiger charge is 2.26. The number of carboxylic acids is 1. The normalized spacial score (nSPS) is 10.4. The summed E-state index contributed by atoms with van der Waals surface area (Å²) in [6.45, 7) is 1.45. The Labute approximate surface area is 181 Å². The zero-order valence-electron chi connectivity index (χ0n) is 18.0. The Balaban J connectivity index is 2.04. The van der Waals surface area contributed by atoms with Gasteiger partial charge in [-0.2, -0.15) is 0 Å². The maximum atomic E-state index is 12.9. The summed E-state index contributed by atoms with van der Waals surface area (Å²) in [7, 11) is 2.91. The maximum absolute atomic E-state index is 12.9. The van der Waals surface area contributed by atoms with Gasteiger partial charge < -0.3 is 19.9 Å². The SMILES string of the molecule is COc1cc(C(=O)N(CC(=O)O)C(=O)CNCCCc2ccccc2)cc(OC)c1C. The molecule has 0 saturated carbocycles. The van der Waals surface area contributed by atoms with Crippen LogP contribution in [-0.2, 0) is 16.0 Å². The van der Waals surface area contributed by atoms with Crippen LogP contribution in [0.1, 0.15) is 27.9 Å². The number of aliphatic carboxylic acids is 1. The van der Waals surface area contributed by atoms with Gasteiger partial charge in [0.15, 0.2) is 0 Å². The Kier molecular flexibility index (Phi) is 9.02. The van der Waals surface area contributed by atoms with Gasteiger partial charge in [-0.15, -0.1) is 0 Å². The number of carboxylic acid groups (broad SMARTS) is 1. The Morgan fingerprint density at radius 1 is 1.03 bits per heavy atom. The first kappa shape index (κ1) is 23.9. The number of aryl methyl sites for hydroxylation is 1. The first-order valence-electron chi connectivity index (χ1n) is 9.91. The van der Waals surface area contributed by atoms with E-state index in [1.54, 1.807) is 6.92 Å². The molecule has 0 radical (unpaired) electrons. The van der Waals surface area contributed by atoms with Crippen molar-refractivity contribution < 1.29 is 29.0 Å². The summed E-state index contributed by atoms with van der Waals surface area (Å²) in [6.07, 6.45) is 1.65. The molecule has 0 unspecified atom stereocenters. The van der Waals surface area contributed by atoms with E-state index >= 15 is 0 Å². The van der Waals surface area contributed by atoms with Crippen LogP contribution < -0.4 is 14.8 Å². The minimum atomic E-state index is -1.28. The van der Waals surface area contributed by atoms with Crippen molar-refractivity contribution in [3.05, 3.63) is 59.2 Å². The molecule has 166 valence electrons. The minimum absolute atomic E-state index is 0.109. The van der Waals surface area contributed by atoms with Crippen LogP contribution in [0, 0.1) is 6.92 Å². The molecule has 0 atom stereocenters. The Bertz CT molecular complexity index is 889. The highest BCUT2D eigenvalue weighted by atomic mass is 16.5. The number of amides is 2. The Morgan fingerprint density at radius 3 is 2.19 bits per heavy atom. The number of carbonyl (C=O) groups excluding carboxylic acids is 2. The average molecular weight is 428 g/mol. The zero-order chi connectivity index (χ0) is 22.8. The molecule has 0 aliphatic rings. The van der Waals surface area contributed by atoms with E-state index < -0.39 is 24.3 Å². The van der Waals surface area contributed by atoms with Crippen molar-refractivity contribution >= 4 is 17.8 Å². The second-order valence-corrected chi connectivity index (χ2v) is 6.95. The summed E-state index contributed by atoms with van der Waals surface area (Å²) in [5.74, 6) is -1.81. The fourth-order valence-electron chi connectivity index (χ4n) is 3.13. The van der Waals surface area contributed by atoms with Crippen molar-refractivity contribution in [2.24, 2.45) is 0 Å². The van der Waals surface area contributed by atoms with Gasteiger partial charge in [0.1, 0.15) is 18.0 Å². The third-order valence-electron chi connectivity index (χ3n) is 4.78. The minimum Gasteiger partial charge on any atom is -0.496 e. The average Bonchev–Trinajstić information content (AvgIpc) is 2.77. The Morgan fingerprint density at radius 2 is 1.65 bits per heavy atom. The van der Waals surface area contributed by atoms with Gasteiger partial charge in [0.05, 0.1) is 20.8 Å². The molecule has 31 heavy (non-hydrogen) atoms. The van der Waals surface area contributed by atoms with Crippen molar-refractivity contribution in [2.75, 3.05) is 33.9 Å². The van der Waals surface area contributed by atoms with Gasteiger partial charge in [-0.1, -0.05) is 30.3 Å². The smallest absolute Gasteiger partial charge is 0.323 e. The zero-order valence-corrected chi connectivity index (χ0v) is 18.0. The van der Waals surface area contributed by atoms with E-state index in [4.69, 9.17) is 9.47 Å². The standard InChI is InChI=1S/C23H28N2O6/c1-16-19(30-2)12-18(13-20(16)31-3)23(29)25(15-22(27)28)21(26)14-24-11-7-10-17-8-5-4-6-9-17/h4-6,8-9,12-13,24H,7,10-11,14-15H2,1-3H3,(H,27,28). The van der Waals surface area contributed by atoms with Crippen LogP contribution in [0.3, 0.4) is 0 Å². The lowest BCUT2D eigenvalue weighted by molar-refractivity contribution is -0.142. The molecule has 2 N–H and O–H groups in total. The molecule has 0 saturated heterocycles. The lowest BCUT2D eigenvalue weighted by atomic mass is 10.1. The van der Waals surface area contributed by atoms with E-state index in [9.17, 15) is 19.5 Å². The van der Waals surface area contributed by atoms with Crippen molar-refractivity contribution in [1.29, 1.82) is 0 Å². The number of hydrogen-bond donors (Lipinski definition) is 2. The number of carbonyl (C=O) groups is 3. The third-order valence-corrected chi connectivity index (χ3v) is 4.78. The van der Waals surface area contributed by atoms with Gasteiger partial charge in [0, 0.05) is 11.1 Å². The van der Waals surface area contributed by atoms with Crippen LogP contribution in [-0.4, -0.2) is 61.6 Å². The van der Waals surface area contributed by atoms with Gasteiger partial charge >= 0.3 is 5.97 Å². The van der Waals surface area contributed by atoms with Crippen LogP contribution in [0.15, 0.2) is 42.5 Å². The summed E-state index contributed by atoms with van der Waals surface area (Å²) >= 11 is 0. The molecule has 0 fully saturated rings. The monoisotopic (exact) mass is 428 g/mol. The van der Waals surface area contributed by atoms with Crippen LogP contribution in [0.4, 0.5) is 0 Å². The van der Waals surface area contributed by atoms with Crippen molar-refractivity contribution in [2.45, 2.75) is 19.8 Å². The number of hydrogen-bond acceptors (Lipinski definition) is 6. The molecule has 2 aromatic rings. The predicted molar refractivity (Wildman–Crippen MR) is 116 cm³/mol. The van der Waals surface area contributed by atoms with Gasteiger partial charge in [-0.05, 0) is 44.0 Å². The lowest BCUT2D eigenvalue weighted by Gasteiger charge is -2.20. The number of nitrogens with one attached hydrogen (secondary N) is 1. The van der Waals surface area contributed by atoms with E-state index in [2.05, 4.69) is 5.32 Å². The van der Waals surface area contributed by atoms with E-state index in [1.165, 1.54) is 31.9 Å². The van der Waals surface area contributed by atoms with E-state index in [-0.39, 0.29) is 12.1 Å². The number of imide groups is 1. The molecular formula is C23H28N2O6. The van der Waals surface area contributed by atoms with Gasteiger partial charge in [0.2, 0.25) is 5.91 Å². The molecular weight excluding hydrogens is 400 g/mol. The molecule has 0 heterocycles. The highest BCUT2D eigenvalue weighted by Crippen LogP contribution is 2.30. The lowest BCUT2D eigenvalue weighted by Crippen LogP contribution is -2.45. The maximum Gasteiger partial charge on any atom is 0.323 e. The highest BCUT2D eigenvalue weighted by molar-refractivity contribution is 6.07. The largest absolute Gasteiger partial charge is 0.496 e. The summed E-state index contributed by atoms with van der Waals surface area (Å²) in [5.41, 5.74) is 2.00. The molecule has 0 aliphatic carbocycles. The molecule has 0 aliphatic heterocycles. The fraction of sp³-hybridized carbons (Fsp3) is 0.348. The van der Waals surface area contributed by atoms with E-state index in [1.807, 2.05) is 30.3 Å². The van der Waals surface area contributed by atoms with E-state index in [0.717, 1.165) is 17.7 Å². The number of ether oxygens (including phenoxy) is 2. The van der Waals surface area contributed by atoms with Crippen LogP contribution in [0.25, 0.3) is 0 Å². The first-order valence-corrected chi connectivity index (χ1v) is 9.91. The summed E-state index contributed by atoms with van der Waals surface area (Å²) in [4.78, 5) is 37.6. The van der Waals surface area contributed by atoms with Crippen LogP contribution in [0.2, 0.25) is 0 Å². The topological polar surface area (TPSA) is 105 Å². The van der Waals surface area contributed by atoms with E-state index in [0.29, 0.717) is 23.6 Å². The van der Waals surface area contributed by atoms with Crippen molar-refractivity contribution in [1.82, 2.24) is 10.2 Å². The molecule has 2 rings (SSSR count). The van der Waals surface area contributed by atoms with Gasteiger partial charge in [0.25, 0.3) is 5.91 Å². The van der Waals surface area contributed by atoms with Gasteiger partial charge in [-0.25, -0.2) is 0 Å². The second-order valence-electron chi connectivity index (χ2n) is 6.95. The molecule has 2 amide bonds. The first-order chi connectivity index (χ1) is 14.9. The molecule has 0 aromatic heterocycles. The molecule has 0 spiro atoms. The molecule has 0 bridgehead atoms. The second kappa shape index (κ2) is 11.7.